The number of nitrogens with zero attached hydrogens (tertiary/aromatic N) is 2. The van der Waals surface area contributed by atoms with Crippen molar-refractivity contribution >= 4 is 18.7 Å². The summed E-state index contributed by atoms with van der Waals surface area (Å²) >= 11 is 0. The van der Waals surface area contributed by atoms with Crippen LogP contribution in [0.3, 0.4) is 0 Å². The fraction of sp³-hybridized carbons (Fsp3) is 0.400. The molecule has 4 nitrogen and oxygen atoms in total. The maximum atomic E-state index is 4.41. The molecule has 0 unspecified atom stereocenters. The Morgan fingerprint density at radius 1 is 0.933 bits per heavy atom. The van der Waals surface area contributed by atoms with Gasteiger partial charge in [0.1, 0.15) is 0 Å². The molecular formula is C10H14N4Si. The van der Waals surface area contributed by atoms with Gasteiger partial charge in [0.2, 0.25) is 0 Å². The van der Waals surface area contributed by atoms with Crippen LogP contribution in [-0.4, -0.2) is 28.5 Å². The van der Waals surface area contributed by atoms with Gasteiger partial charge < -0.3 is 0 Å². The quantitative estimate of drug-likeness (QED) is 0.721. The Bertz CT molecular complexity index is 378. The van der Waals surface area contributed by atoms with Crippen molar-refractivity contribution in [2.24, 2.45) is 0 Å². The first kappa shape index (κ1) is 8.91. The largest absolute Gasteiger partial charge is 0.286 e. The highest BCUT2D eigenvalue weighted by molar-refractivity contribution is 7.01. The van der Waals surface area contributed by atoms with E-state index in [-0.39, 0.29) is 0 Å². The van der Waals surface area contributed by atoms with Crippen LogP contribution in [0.15, 0.2) is 24.5 Å². The third-order valence-electron chi connectivity index (χ3n) is 3.44. The first-order valence-corrected chi connectivity index (χ1v) is 7.84. The fourth-order valence-electron chi connectivity index (χ4n) is 2.68. The van der Waals surface area contributed by atoms with Gasteiger partial charge in [-0.1, -0.05) is 12.8 Å². The van der Waals surface area contributed by atoms with Crippen molar-refractivity contribution in [3.8, 4) is 0 Å². The van der Waals surface area contributed by atoms with Gasteiger partial charge >= 0.3 is 0 Å². The van der Waals surface area contributed by atoms with Crippen LogP contribution in [0, 0.1) is 0 Å². The molecule has 0 saturated carbocycles. The highest BCUT2D eigenvalue weighted by Gasteiger charge is 2.43. The van der Waals surface area contributed by atoms with E-state index in [2.05, 4.69) is 32.5 Å². The summed E-state index contributed by atoms with van der Waals surface area (Å²) in [5, 5.41) is 17.2. The van der Waals surface area contributed by atoms with Crippen LogP contribution in [0.1, 0.15) is 12.8 Å². The first-order chi connectivity index (χ1) is 7.42. The van der Waals surface area contributed by atoms with Crippen LogP contribution in [0.4, 0.5) is 0 Å². The van der Waals surface area contributed by atoms with Crippen LogP contribution in [-0.2, 0) is 0 Å². The van der Waals surface area contributed by atoms with Gasteiger partial charge in [-0.2, -0.15) is 10.2 Å². The minimum atomic E-state index is -1.56. The summed E-state index contributed by atoms with van der Waals surface area (Å²) in [6, 6.07) is 6.85. The van der Waals surface area contributed by atoms with E-state index < -0.39 is 8.07 Å². The lowest BCUT2D eigenvalue weighted by Gasteiger charge is -2.21. The van der Waals surface area contributed by atoms with E-state index in [0.29, 0.717) is 0 Å². The molecule has 0 amide bonds. The molecule has 78 valence electrons. The van der Waals surface area contributed by atoms with Gasteiger partial charge in [0.15, 0.2) is 8.07 Å². The predicted octanol–water partition coefficient (Wildman–Crippen LogP) is 0.490. The molecule has 2 N–H and O–H groups in total. The fourth-order valence-corrected chi connectivity index (χ4v) is 7.28. The predicted molar refractivity (Wildman–Crippen MR) is 61.0 cm³/mol. The smallest absolute Gasteiger partial charge is 0.169 e. The minimum Gasteiger partial charge on any atom is -0.286 e. The second-order valence-electron chi connectivity index (χ2n) is 4.21. The highest BCUT2D eigenvalue weighted by atomic mass is 28.3. The van der Waals surface area contributed by atoms with Gasteiger partial charge in [-0.15, -0.1) is 0 Å². The van der Waals surface area contributed by atoms with Crippen molar-refractivity contribution in [2.45, 2.75) is 24.9 Å². The van der Waals surface area contributed by atoms with Crippen molar-refractivity contribution in [1.29, 1.82) is 0 Å². The number of H-pyrrole nitrogens is 2. The van der Waals surface area contributed by atoms with Crippen molar-refractivity contribution < 1.29 is 0 Å². The molecule has 3 heterocycles. The van der Waals surface area contributed by atoms with Crippen molar-refractivity contribution in [3.05, 3.63) is 24.5 Å². The summed E-state index contributed by atoms with van der Waals surface area (Å²) < 4.78 is 0. The SMILES string of the molecule is c1cc([Si]2(c3cc[nH]n3)CCCC2)n[nH]1. The van der Waals surface area contributed by atoms with Crippen LogP contribution >= 0.6 is 0 Å². The molecule has 3 rings (SSSR count). The summed E-state index contributed by atoms with van der Waals surface area (Å²) in [6.07, 6.45) is 6.50. The van der Waals surface area contributed by atoms with E-state index in [0.717, 1.165) is 0 Å². The number of aromatic nitrogens is 4. The zero-order chi connectivity index (χ0) is 10.1. The van der Waals surface area contributed by atoms with Gasteiger partial charge in [0.05, 0.1) is 10.6 Å². The Morgan fingerprint density at radius 2 is 1.47 bits per heavy atom. The Balaban J connectivity index is 2.10. The summed E-state index contributed by atoms with van der Waals surface area (Å²) in [6.45, 7) is 0. The molecule has 2 aromatic rings. The van der Waals surface area contributed by atoms with Gasteiger partial charge in [0, 0.05) is 12.4 Å². The van der Waals surface area contributed by atoms with Gasteiger partial charge in [-0.3, -0.25) is 10.2 Å². The Kier molecular flexibility index (Phi) is 1.98. The molecule has 0 atom stereocenters. The van der Waals surface area contributed by atoms with Gasteiger partial charge in [-0.05, 0) is 24.2 Å². The number of aromatic amines is 2. The van der Waals surface area contributed by atoms with Crippen LogP contribution in [0.5, 0.6) is 0 Å². The number of rotatable bonds is 2. The minimum absolute atomic E-state index is 1.27. The zero-order valence-corrected chi connectivity index (χ0v) is 9.53. The second-order valence-corrected chi connectivity index (χ2v) is 8.40. The maximum absolute atomic E-state index is 4.41. The van der Waals surface area contributed by atoms with E-state index in [9.17, 15) is 0 Å². The lowest BCUT2D eigenvalue weighted by atomic mass is 10.4. The van der Waals surface area contributed by atoms with E-state index in [1.54, 1.807) is 0 Å². The topological polar surface area (TPSA) is 57.4 Å². The Hall–Kier alpha value is -1.36. The summed E-state index contributed by atoms with van der Waals surface area (Å²) in [4.78, 5) is 0. The third kappa shape index (κ3) is 1.26. The molecular weight excluding hydrogens is 204 g/mol. The highest BCUT2D eigenvalue weighted by Crippen LogP contribution is 2.28. The van der Waals surface area contributed by atoms with E-state index in [1.807, 2.05) is 12.4 Å². The molecule has 0 spiro atoms. The van der Waals surface area contributed by atoms with Gasteiger partial charge in [-0.25, -0.2) is 0 Å². The van der Waals surface area contributed by atoms with Crippen molar-refractivity contribution in [2.75, 3.05) is 0 Å². The molecule has 0 bridgehead atoms. The van der Waals surface area contributed by atoms with Crippen molar-refractivity contribution in [3.63, 3.8) is 0 Å². The number of nitrogens with one attached hydrogen (secondary N) is 2. The monoisotopic (exact) mass is 218 g/mol. The average molecular weight is 218 g/mol. The zero-order valence-electron chi connectivity index (χ0n) is 8.53. The molecule has 1 aliphatic heterocycles. The molecule has 1 aliphatic rings. The number of hydrogen-bond acceptors (Lipinski definition) is 2. The van der Waals surface area contributed by atoms with E-state index >= 15 is 0 Å². The number of hydrogen-bond donors (Lipinski definition) is 2. The third-order valence-corrected chi connectivity index (χ3v) is 8.37. The molecule has 5 heteroatoms. The van der Waals surface area contributed by atoms with Crippen LogP contribution in [0.25, 0.3) is 0 Å². The van der Waals surface area contributed by atoms with Crippen LogP contribution < -0.4 is 10.6 Å². The van der Waals surface area contributed by atoms with Gasteiger partial charge in [0.25, 0.3) is 0 Å². The Morgan fingerprint density at radius 3 is 1.87 bits per heavy atom. The van der Waals surface area contributed by atoms with Crippen LogP contribution in [0.2, 0.25) is 12.1 Å². The standard InChI is InChI=1S/C10H14N4Si/c1-2-8-15(7-1,9-3-5-11-13-9)10-4-6-12-14-10/h3-6H,1-2,7-8H2,(H,11,13)(H,12,14). The molecule has 0 radical (unpaired) electrons. The molecule has 0 aliphatic carbocycles. The molecule has 1 saturated heterocycles. The summed E-state index contributed by atoms with van der Waals surface area (Å²) in [7, 11) is -1.56. The Labute approximate surface area is 89.1 Å². The van der Waals surface area contributed by atoms with E-state index in [1.165, 1.54) is 35.6 Å². The molecule has 2 aromatic heterocycles. The first-order valence-electron chi connectivity index (χ1n) is 5.42. The lowest BCUT2D eigenvalue weighted by molar-refractivity contribution is 0.935. The summed E-state index contributed by atoms with van der Waals surface area (Å²) in [5.41, 5.74) is 0. The second kappa shape index (κ2) is 3.34. The maximum Gasteiger partial charge on any atom is 0.169 e. The molecule has 0 aromatic carbocycles. The van der Waals surface area contributed by atoms with Crippen molar-refractivity contribution in [1.82, 2.24) is 20.4 Å². The molecule has 1 fully saturated rings. The molecule has 15 heavy (non-hydrogen) atoms. The average Bonchev–Trinajstić information content (AvgIpc) is 3.02. The lowest BCUT2D eigenvalue weighted by Crippen LogP contribution is -2.57. The normalized spacial score (nSPS) is 19.5. The van der Waals surface area contributed by atoms with E-state index in [4.69, 9.17) is 0 Å². The summed E-state index contributed by atoms with van der Waals surface area (Å²) in [5.74, 6) is 0.